The summed E-state index contributed by atoms with van der Waals surface area (Å²) in [4.78, 5) is 0. The van der Waals surface area contributed by atoms with E-state index >= 15 is 0 Å². The van der Waals surface area contributed by atoms with Crippen molar-refractivity contribution in [2.45, 2.75) is 60.0 Å². The van der Waals surface area contributed by atoms with E-state index in [1.807, 2.05) is 0 Å². The first-order valence-electron chi connectivity index (χ1n) is 5.23. The predicted octanol–water partition coefficient (Wildman–Crippen LogP) is 2.93. The molecule has 76 valence electrons. The summed E-state index contributed by atoms with van der Waals surface area (Å²) >= 11 is 0. The van der Waals surface area contributed by atoms with Crippen LogP contribution in [0.4, 0.5) is 0 Å². The Labute approximate surface area is 82.9 Å². The van der Waals surface area contributed by atoms with Crippen LogP contribution in [0.2, 0.25) is 0 Å². The first kappa shape index (κ1) is 10.7. The van der Waals surface area contributed by atoms with E-state index in [0.29, 0.717) is 22.9 Å². The molecule has 0 bridgehead atoms. The van der Waals surface area contributed by atoms with Crippen LogP contribution >= 0.6 is 0 Å². The quantitative estimate of drug-likeness (QED) is 0.507. The minimum absolute atomic E-state index is 0.378. The van der Waals surface area contributed by atoms with Crippen LogP contribution < -0.4 is 0 Å². The van der Waals surface area contributed by atoms with Crippen LogP contribution in [0.5, 0.6) is 0 Å². The van der Waals surface area contributed by atoms with E-state index in [1.165, 1.54) is 6.42 Å². The Morgan fingerprint density at radius 3 is 1.38 bits per heavy atom. The van der Waals surface area contributed by atoms with Crippen molar-refractivity contribution in [3.05, 3.63) is 0 Å². The Bertz CT molecular complexity index is 192. The van der Waals surface area contributed by atoms with Crippen LogP contribution in [0.3, 0.4) is 0 Å². The second kappa shape index (κ2) is 2.83. The summed E-state index contributed by atoms with van der Waals surface area (Å²) in [6.07, 6.45) is 1.30. The van der Waals surface area contributed by atoms with Crippen molar-refractivity contribution < 1.29 is 4.58 Å². The van der Waals surface area contributed by atoms with Crippen LogP contribution in [-0.4, -0.2) is 23.4 Å². The second-order valence-electron chi connectivity index (χ2n) is 6.51. The summed E-state index contributed by atoms with van der Waals surface area (Å²) in [5.74, 6) is 0. The molecule has 1 heterocycles. The Morgan fingerprint density at radius 1 is 0.923 bits per heavy atom. The van der Waals surface area contributed by atoms with E-state index in [1.54, 1.807) is 0 Å². The Morgan fingerprint density at radius 2 is 1.23 bits per heavy atom. The first-order valence-corrected chi connectivity index (χ1v) is 5.23. The van der Waals surface area contributed by atoms with Gasteiger partial charge < -0.3 is 0 Å². The molecule has 1 saturated heterocycles. The molecule has 13 heavy (non-hydrogen) atoms. The van der Waals surface area contributed by atoms with Gasteiger partial charge in [0.25, 0.3) is 0 Å². The molecule has 0 aliphatic carbocycles. The molecule has 0 amide bonds. The van der Waals surface area contributed by atoms with E-state index in [0.717, 1.165) is 0 Å². The maximum Gasteiger partial charge on any atom is 0.163 e. The van der Waals surface area contributed by atoms with Crippen LogP contribution in [0.25, 0.3) is 0 Å². The molecule has 1 aliphatic heterocycles. The molecule has 1 heteroatoms. The zero-order valence-corrected chi connectivity index (χ0v) is 10.0. The van der Waals surface area contributed by atoms with Gasteiger partial charge in [-0.15, -0.1) is 0 Å². The van der Waals surface area contributed by atoms with E-state index < -0.39 is 0 Å². The van der Waals surface area contributed by atoms with Crippen molar-refractivity contribution in [1.82, 2.24) is 0 Å². The highest BCUT2D eigenvalue weighted by molar-refractivity contribution is 5.17. The highest BCUT2D eigenvalue weighted by atomic mass is 15.2. The van der Waals surface area contributed by atoms with Gasteiger partial charge in [0.05, 0.1) is 6.42 Å². The number of nitrogens with zero attached hydrogens (tertiary/aromatic N) is 1. The molecule has 1 aliphatic rings. The molecule has 0 N–H and O–H groups in total. The van der Waals surface area contributed by atoms with Gasteiger partial charge in [-0.05, 0) is 0 Å². The molecule has 1 nitrogen and oxygen atoms in total. The van der Waals surface area contributed by atoms with Gasteiger partial charge in [-0.25, -0.2) is 4.58 Å². The van der Waals surface area contributed by atoms with Crippen molar-refractivity contribution in [3.63, 3.8) is 0 Å². The molecule has 2 atom stereocenters. The van der Waals surface area contributed by atoms with Crippen LogP contribution in [0.15, 0.2) is 0 Å². The van der Waals surface area contributed by atoms with Gasteiger partial charge in [0.1, 0.15) is 6.72 Å². The average molecular weight is 182 g/mol. The largest absolute Gasteiger partial charge is 0.235 e. The Kier molecular flexibility index (Phi) is 2.34. The molecule has 0 aromatic carbocycles. The van der Waals surface area contributed by atoms with Gasteiger partial charge in [-0.3, -0.25) is 0 Å². The van der Waals surface area contributed by atoms with Crippen LogP contribution in [0, 0.1) is 10.8 Å². The van der Waals surface area contributed by atoms with Gasteiger partial charge in [0.2, 0.25) is 0 Å². The van der Waals surface area contributed by atoms with E-state index in [4.69, 9.17) is 0 Å². The van der Waals surface area contributed by atoms with E-state index in [2.05, 4.69) is 52.8 Å². The topological polar surface area (TPSA) is 3.01 Å². The normalized spacial score (nSPS) is 30.2. The van der Waals surface area contributed by atoms with Gasteiger partial charge in [0, 0.05) is 10.8 Å². The van der Waals surface area contributed by atoms with Crippen molar-refractivity contribution in [2.75, 3.05) is 0 Å². The fraction of sp³-hybridized carbons (Fsp3) is 0.917. The van der Waals surface area contributed by atoms with Crippen molar-refractivity contribution in [2.24, 2.45) is 10.8 Å². The minimum atomic E-state index is 0.378. The summed E-state index contributed by atoms with van der Waals surface area (Å²) in [6, 6.07) is 1.33. The molecule has 1 fully saturated rings. The fourth-order valence-electron chi connectivity index (χ4n) is 2.26. The summed E-state index contributed by atoms with van der Waals surface area (Å²) < 4.78 is 2.31. The Balaban J connectivity index is 2.64. The zero-order chi connectivity index (χ0) is 10.4. The molecular weight excluding hydrogens is 158 g/mol. The lowest BCUT2D eigenvalue weighted by Crippen LogP contribution is -2.59. The monoisotopic (exact) mass is 182 g/mol. The molecule has 2 unspecified atom stereocenters. The maximum atomic E-state index is 4.17. The van der Waals surface area contributed by atoms with Crippen LogP contribution in [0.1, 0.15) is 48.0 Å². The Hall–Kier alpha value is -0.330. The second-order valence-corrected chi connectivity index (χ2v) is 6.51. The van der Waals surface area contributed by atoms with Crippen LogP contribution in [-0.2, 0) is 0 Å². The molecule has 0 saturated carbocycles. The third-order valence-electron chi connectivity index (χ3n) is 3.25. The molecule has 0 aromatic rings. The zero-order valence-electron chi connectivity index (χ0n) is 10.0. The lowest BCUT2D eigenvalue weighted by molar-refractivity contribution is -0.685. The van der Waals surface area contributed by atoms with Gasteiger partial charge in [0.15, 0.2) is 12.1 Å². The minimum Gasteiger partial charge on any atom is -0.235 e. The van der Waals surface area contributed by atoms with E-state index in [-0.39, 0.29) is 0 Å². The standard InChI is InChI=1S/C12H24N/c1-11(2,3)9-8-10(13(9)7)12(4,5)6/h9-10H,7-8H2,1-6H3/q+1. The van der Waals surface area contributed by atoms with Crippen molar-refractivity contribution >= 4 is 6.72 Å². The van der Waals surface area contributed by atoms with Gasteiger partial charge in [-0.2, -0.15) is 0 Å². The van der Waals surface area contributed by atoms with Gasteiger partial charge in [-0.1, -0.05) is 41.5 Å². The molecule has 0 spiro atoms. The van der Waals surface area contributed by atoms with Gasteiger partial charge >= 0.3 is 0 Å². The highest BCUT2D eigenvalue weighted by Gasteiger charge is 2.53. The molecule has 0 radical (unpaired) electrons. The average Bonchev–Trinajstić information content (AvgIpc) is 1.77. The first-order chi connectivity index (χ1) is 5.64. The summed E-state index contributed by atoms with van der Waals surface area (Å²) in [5.41, 5.74) is 0.757. The third kappa shape index (κ3) is 1.95. The third-order valence-corrected chi connectivity index (χ3v) is 3.25. The van der Waals surface area contributed by atoms with E-state index in [9.17, 15) is 0 Å². The molecular formula is C12H24N+. The summed E-state index contributed by atoms with van der Waals surface area (Å²) in [7, 11) is 0. The van der Waals surface area contributed by atoms with Crippen molar-refractivity contribution in [1.29, 1.82) is 0 Å². The predicted molar refractivity (Wildman–Crippen MR) is 58.5 cm³/mol. The summed E-state index contributed by atoms with van der Waals surface area (Å²) in [6.45, 7) is 18.0. The maximum absolute atomic E-state index is 4.17. The highest BCUT2D eigenvalue weighted by Crippen LogP contribution is 2.41. The van der Waals surface area contributed by atoms with Crippen molar-refractivity contribution in [3.8, 4) is 0 Å². The number of hydrogen-bond acceptors (Lipinski definition) is 0. The number of rotatable bonds is 0. The smallest absolute Gasteiger partial charge is 0.163 e. The fourth-order valence-corrected chi connectivity index (χ4v) is 2.26. The SMILES string of the molecule is C=[N+]1C(C(C)(C)C)CC1C(C)(C)C. The summed E-state index contributed by atoms with van der Waals surface area (Å²) in [5, 5.41) is 0. The lowest BCUT2D eigenvalue weighted by Gasteiger charge is -2.44. The number of hydrogen-bond donors (Lipinski definition) is 0. The molecule has 1 rings (SSSR count). The molecule has 0 aromatic heterocycles. The lowest BCUT2D eigenvalue weighted by atomic mass is 9.69.